The average Bonchev–Trinajstić information content (AvgIpc) is 2.69. The summed E-state index contributed by atoms with van der Waals surface area (Å²) >= 11 is 6.02. The molecular formula is C20H28ClN5O2. The number of anilines is 1. The first-order chi connectivity index (χ1) is 13.4. The Morgan fingerprint density at radius 3 is 2.43 bits per heavy atom. The summed E-state index contributed by atoms with van der Waals surface area (Å²) in [6.07, 6.45) is 0. The second kappa shape index (κ2) is 10.4. The number of nitriles is 1. The second-order valence-corrected chi connectivity index (χ2v) is 7.26. The number of amides is 2. The maximum absolute atomic E-state index is 12.6. The van der Waals surface area contributed by atoms with Crippen LogP contribution in [0.2, 0.25) is 5.02 Å². The Hall–Kier alpha value is -2.14. The van der Waals surface area contributed by atoms with Gasteiger partial charge in [-0.1, -0.05) is 11.6 Å². The number of carbonyl (C=O) groups excluding carboxylic acids is 2. The van der Waals surface area contributed by atoms with Gasteiger partial charge in [-0.25, -0.2) is 0 Å². The van der Waals surface area contributed by atoms with Crippen molar-refractivity contribution in [1.29, 1.82) is 5.26 Å². The number of benzene rings is 1. The molecule has 8 heteroatoms. The minimum atomic E-state index is -0.296. The van der Waals surface area contributed by atoms with Crippen LogP contribution in [0, 0.1) is 11.3 Å². The summed E-state index contributed by atoms with van der Waals surface area (Å²) in [6.45, 7) is 10.7. The summed E-state index contributed by atoms with van der Waals surface area (Å²) in [6, 6.07) is 6.55. The molecule has 0 spiro atoms. The number of likely N-dealkylation sites (N-methyl/N-ethyl adjacent to an activating group) is 1. The summed E-state index contributed by atoms with van der Waals surface area (Å²) in [7, 11) is 0. The molecule has 1 heterocycles. The third-order valence-corrected chi connectivity index (χ3v) is 5.48. The van der Waals surface area contributed by atoms with Gasteiger partial charge >= 0.3 is 0 Å². The number of carbonyl (C=O) groups is 2. The van der Waals surface area contributed by atoms with Crippen molar-refractivity contribution in [3.8, 4) is 6.07 Å². The van der Waals surface area contributed by atoms with E-state index in [0.29, 0.717) is 22.8 Å². The molecule has 1 atom stereocenters. The Balaban J connectivity index is 1.85. The molecule has 0 radical (unpaired) electrons. The van der Waals surface area contributed by atoms with Crippen LogP contribution >= 0.6 is 11.6 Å². The highest BCUT2D eigenvalue weighted by atomic mass is 35.5. The first kappa shape index (κ1) is 22.2. The smallest absolute Gasteiger partial charge is 0.241 e. The molecule has 1 aromatic carbocycles. The van der Waals surface area contributed by atoms with Crippen LogP contribution in [0.5, 0.6) is 0 Å². The van der Waals surface area contributed by atoms with Crippen LogP contribution in [0.4, 0.5) is 5.69 Å². The van der Waals surface area contributed by atoms with Gasteiger partial charge in [0.2, 0.25) is 11.8 Å². The standard InChI is InChI=1S/C20H28ClN5O2/c1-4-25(5-2)19(27)14-24-8-10-26(11-9-24)15(3)20(28)23-17-7-6-16(13-22)18(21)12-17/h6-7,12,15H,4-5,8-11,14H2,1-3H3,(H,23,28). The van der Waals surface area contributed by atoms with Gasteiger partial charge in [0.25, 0.3) is 0 Å². The molecule has 1 N–H and O–H groups in total. The number of piperazine rings is 1. The number of hydrogen-bond donors (Lipinski definition) is 1. The molecule has 1 aliphatic rings. The topological polar surface area (TPSA) is 79.7 Å². The molecule has 1 aliphatic heterocycles. The van der Waals surface area contributed by atoms with E-state index in [4.69, 9.17) is 16.9 Å². The Morgan fingerprint density at radius 2 is 1.89 bits per heavy atom. The molecule has 2 rings (SSSR count). The van der Waals surface area contributed by atoms with Crippen LogP contribution < -0.4 is 5.32 Å². The highest BCUT2D eigenvalue weighted by Crippen LogP contribution is 2.20. The van der Waals surface area contributed by atoms with Gasteiger partial charge in [-0.2, -0.15) is 5.26 Å². The van der Waals surface area contributed by atoms with Crippen molar-refractivity contribution in [2.75, 3.05) is 51.1 Å². The summed E-state index contributed by atoms with van der Waals surface area (Å²) in [5.74, 6) is 0.0374. The van der Waals surface area contributed by atoms with Gasteiger partial charge < -0.3 is 10.2 Å². The van der Waals surface area contributed by atoms with E-state index in [2.05, 4.69) is 15.1 Å². The van der Waals surface area contributed by atoms with Crippen molar-refractivity contribution in [3.63, 3.8) is 0 Å². The van der Waals surface area contributed by atoms with E-state index in [1.807, 2.05) is 31.7 Å². The number of hydrogen-bond acceptors (Lipinski definition) is 5. The minimum Gasteiger partial charge on any atom is -0.342 e. The minimum absolute atomic E-state index is 0.117. The van der Waals surface area contributed by atoms with Gasteiger partial charge in [-0.05, 0) is 39.0 Å². The number of halogens is 1. The first-order valence-electron chi connectivity index (χ1n) is 9.64. The predicted octanol–water partition coefficient (Wildman–Crippen LogP) is 2.02. The SMILES string of the molecule is CCN(CC)C(=O)CN1CCN(C(C)C(=O)Nc2ccc(C#N)c(Cl)c2)CC1. The van der Waals surface area contributed by atoms with Crippen LogP contribution in [-0.2, 0) is 9.59 Å². The fourth-order valence-corrected chi connectivity index (χ4v) is 3.50. The van der Waals surface area contributed by atoms with Crippen LogP contribution in [0.25, 0.3) is 0 Å². The molecule has 1 fully saturated rings. The predicted molar refractivity (Wildman–Crippen MR) is 110 cm³/mol. The first-order valence-corrected chi connectivity index (χ1v) is 10.0. The fourth-order valence-electron chi connectivity index (χ4n) is 3.27. The van der Waals surface area contributed by atoms with Crippen LogP contribution in [0.3, 0.4) is 0 Å². The largest absolute Gasteiger partial charge is 0.342 e. The lowest BCUT2D eigenvalue weighted by molar-refractivity contribution is -0.133. The molecule has 7 nitrogen and oxygen atoms in total. The van der Waals surface area contributed by atoms with E-state index < -0.39 is 0 Å². The second-order valence-electron chi connectivity index (χ2n) is 6.85. The zero-order valence-electron chi connectivity index (χ0n) is 16.7. The highest BCUT2D eigenvalue weighted by Gasteiger charge is 2.27. The molecule has 1 saturated heterocycles. The normalized spacial score (nSPS) is 16.2. The number of nitrogens with one attached hydrogen (secondary N) is 1. The molecule has 2 amide bonds. The van der Waals surface area contributed by atoms with Crippen LogP contribution in [-0.4, -0.2) is 78.4 Å². The molecule has 28 heavy (non-hydrogen) atoms. The van der Waals surface area contributed by atoms with Crippen molar-refractivity contribution in [2.45, 2.75) is 26.8 Å². The Labute approximate surface area is 171 Å². The van der Waals surface area contributed by atoms with E-state index in [-0.39, 0.29) is 17.9 Å². The Bertz CT molecular complexity index is 737. The van der Waals surface area contributed by atoms with Gasteiger partial charge in [0.05, 0.1) is 23.2 Å². The van der Waals surface area contributed by atoms with Gasteiger partial charge in [0.1, 0.15) is 6.07 Å². The van der Waals surface area contributed by atoms with E-state index in [1.54, 1.807) is 18.2 Å². The zero-order chi connectivity index (χ0) is 20.7. The lowest BCUT2D eigenvalue weighted by Crippen LogP contribution is -2.54. The van der Waals surface area contributed by atoms with Crippen LogP contribution in [0.1, 0.15) is 26.3 Å². The summed E-state index contributed by atoms with van der Waals surface area (Å²) in [5, 5.41) is 12.1. The lowest BCUT2D eigenvalue weighted by Gasteiger charge is -2.37. The van der Waals surface area contributed by atoms with Crippen LogP contribution in [0.15, 0.2) is 18.2 Å². The molecule has 0 bridgehead atoms. The van der Waals surface area contributed by atoms with Gasteiger partial charge in [0.15, 0.2) is 0 Å². The number of rotatable bonds is 7. The van der Waals surface area contributed by atoms with E-state index in [1.165, 1.54) is 0 Å². The quantitative estimate of drug-likeness (QED) is 0.750. The molecule has 0 saturated carbocycles. The highest BCUT2D eigenvalue weighted by molar-refractivity contribution is 6.32. The average molecular weight is 406 g/mol. The van der Waals surface area contributed by atoms with Crippen molar-refractivity contribution < 1.29 is 9.59 Å². The zero-order valence-corrected chi connectivity index (χ0v) is 17.5. The third kappa shape index (κ3) is 5.68. The Morgan fingerprint density at radius 1 is 1.25 bits per heavy atom. The number of nitrogens with zero attached hydrogens (tertiary/aromatic N) is 4. The van der Waals surface area contributed by atoms with Gasteiger partial charge in [0, 0.05) is 45.0 Å². The molecule has 152 valence electrons. The summed E-state index contributed by atoms with van der Waals surface area (Å²) < 4.78 is 0. The summed E-state index contributed by atoms with van der Waals surface area (Å²) in [4.78, 5) is 30.9. The molecular weight excluding hydrogens is 378 g/mol. The fraction of sp³-hybridized carbons (Fsp3) is 0.550. The van der Waals surface area contributed by atoms with E-state index in [0.717, 1.165) is 39.3 Å². The summed E-state index contributed by atoms with van der Waals surface area (Å²) in [5.41, 5.74) is 0.951. The van der Waals surface area contributed by atoms with Crippen molar-refractivity contribution in [2.24, 2.45) is 0 Å². The lowest BCUT2D eigenvalue weighted by atomic mass is 10.2. The van der Waals surface area contributed by atoms with Crippen molar-refractivity contribution in [3.05, 3.63) is 28.8 Å². The maximum Gasteiger partial charge on any atom is 0.241 e. The molecule has 0 aromatic heterocycles. The van der Waals surface area contributed by atoms with E-state index in [9.17, 15) is 9.59 Å². The Kier molecular flexibility index (Phi) is 8.24. The third-order valence-electron chi connectivity index (χ3n) is 5.17. The molecule has 1 aromatic rings. The molecule has 1 unspecified atom stereocenters. The van der Waals surface area contributed by atoms with Gasteiger partial charge in [-0.15, -0.1) is 0 Å². The van der Waals surface area contributed by atoms with Gasteiger partial charge in [-0.3, -0.25) is 19.4 Å². The van der Waals surface area contributed by atoms with E-state index >= 15 is 0 Å². The van der Waals surface area contributed by atoms with Crippen molar-refractivity contribution >= 4 is 29.1 Å². The monoisotopic (exact) mass is 405 g/mol. The molecule has 0 aliphatic carbocycles. The maximum atomic E-state index is 12.6. The van der Waals surface area contributed by atoms with Crippen molar-refractivity contribution in [1.82, 2.24) is 14.7 Å².